The van der Waals surface area contributed by atoms with Crippen molar-refractivity contribution in [2.45, 2.75) is 51.0 Å². The lowest BCUT2D eigenvalue weighted by atomic mass is 9.77. The molecule has 1 amide bonds. The molecule has 0 atom stereocenters. The van der Waals surface area contributed by atoms with Crippen molar-refractivity contribution in [3.05, 3.63) is 0 Å². The first-order valence-electron chi connectivity index (χ1n) is 6.53. The van der Waals surface area contributed by atoms with E-state index in [1.54, 1.807) is 11.8 Å². The third-order valence-corrected chi connectivity index (χ3v) is 4.37. The molecule has 0 heterocycles. The lowest BCUT2D eigenvalue weighted by Gasteiger charge is -2.36. The van der Waals surface area contributed by atoms with Crippen molar-refractivity contribution in [3.63, 3.8) is 0 Å². The Morgan fingerprint density at radius 2 is 2.00 bits per heavy atom. The first kappa shape index (κ1) is 15.3. The van der Waals surface area contributed by atoms with E-state index in [1.165, 1.54) is 0 Å². The molecule has 0 aromatic rings. The third-order valence-electron chi connectivity index (χ3n) is 3.67. The van der Waals surface area contributed by atoms with Crippen LogP contribution < -0.4 is 5.32 Å². The minimum Gasteiger partial charge on any atom is -0.480 e. The highest BCUT2D eigenvalue weighted by molar-refractivity contribution is 7.98. The highest BCUT2D eigenvalue weighted by atomic mass is 32.2. The number of carbonyl (C=O) groups excluding carboxylic acids is 1. The fourth-order valence-electron chi connectivity index (χ4n) is 2.35. The molecule has 1 aliphatic rings. The summed E-state index contributed by atoms with van der Waals surface area (Å²) in [5, 5.41) is 12.1. The number of nitrogens with one attached hydrogen (secondary N) is 1. The van der Waals surface area contributed by atoms with E-state index < -0.39 is 11.5 Å². The average molecular weight is 273 g/mol. The van der Waals surface area contributed by atoms with E-state index in [0.29, 0.717) is 25.2 Å². The van der Waals surface area contributed by atoms with E-state index >= 15 is 0 Å². The summed E-state index contributed by atoms with van der Waals surface area (Å²) in [5.41, 5.74) is -1.01. The van der Waals surface area contributed by atoms with E-state index in [2.05, 4.69) is 12.2 Å². The molecular weight excluding hydrogens is 250 g/mol. The van der Waals surface area contributed by atoms with Gasteiger partial charge in [-0.1, -0.05) is 6.92 Å². The normalized spacial score (nSPS) is 27.8. The maximum Gasteiger partial charge on any atom is 0.329 e. The van der Waals surface area contributed by atoms with E-state index in [9.17, 15) is 14.7 Å². The van der Waals surface area contributed by atoms with E-state index in [0.717, 1.165) is 25.0 Å². The fraction of sp³-hybridized carbons (Fsp3) is 0.846. The van der Waals surface area contributed by atoms with Gasteiger partial charge in [-0.2, -0.15) is 11.8 Å². The molecule has 18 heavy (non-hydrogen) atoms. The molecule has 0 unspecified atom stereocenters. The summed E-state index contributed by atoms with van der Waals surface area (Å²) in [6.07, 6.45) is 6.08. The lowest BCUT2D eigenvalue weighted by molar-refractivity contribution is -0.149. The van der Waals surface area contributed by atoms with E-state index in [-0.39, 0.29) is 5.91 Å². The van der Waals surface area contributed by atoms with Crippen LogP contribution in [0.3, 0.4) is 0 Å². The molecule has 4 nitrogen and oxygen atoms in total. The van der Waals surface area contributed by atoms with Crippen LogP contribution in [0.25, 0.3) is 0 Å². The first-order valence-corrected chi connectivity index (χ1v) is 7.93. The van der Waals surface area contributed by atoms with Gasteiger partial charge in [-0.3, -0.25) is 4.79 Å². The topological polar surface area (TPSA) is 66.4 Å². The molecule has 0 aromatic carbocycles. The van der Waals surface area contributed by atoms with Crippen molar-refractivity contribution >= 4 is 23.6 Å². The third kappa shape index (κ3) is 4.19. The van der Waals surface area contributed by atoms with Gasteiger partial charge < -0.3 is 10.4 Å². The number of hydrogen-bond donors (Lipinski definition) is 2. The zero-order valence-corrected chi connectivity index (χ0v) is 12.0. The molecule has 1 fully saturated rings. The molecule has 0 saturated heterocycles. The molecule has 0 radical (unpaired) electrons. The highest BCUT2D eigenvalue weighted by Gasteiger charge is 2.42. The maximum atomic E-state index is 11.8. The van der Waals surface area contributed by atoms with Crippen LogP contribution in [0.2, 0.25) is 0 Å². The van der Waals surface area contributed by atoms with Gasteiger partial charge in [0.15, 0.2) is 0 Å². The number of carboxylic acid groups (broad SMARTS) is 1. The van der Waals surface area contributed by atoms with Crippen molar-refractivity contribution in [2.24, 2.45) is 5.92 Å². The molecular formula is C13H23NO3S. The van der Waals surface area contributed by atoms with Crippen LogP contribution in [-0.4, -0.2) is 34.5 Å². The number of carboxylic acids is 1. The molecule has 0 bridgehead atoms. The number of aliphatic carboxylic acids is 1. The van der Waals surface area contributed by atoms with Gasteiger partial charge in [0.2, 0.25) is 5.91 Å². The van der Waals surface area contributed by atoms with Crippen LogP contribution in [0.4, 0.5) is 0 Å². The first-order chi connectivity index (χ1) is 8.50. The van der Waals surface area contributed by atoms with Gasteiger partial charge in [-0.05, 0) is 50.0 Å². The molecule has 5 heteroatoms. The van der Waals surface area contributed by atoms with Crippen molar-refractivity contribution in [1.29, 1.82) is 0 Å². The summed E-state index contributed by atoms with van der Waals surface area (Å²) in [5.74, 6) is 0.490. The summed E-state index contributed by atoms with van der Waals surface area (Å²) < 4.78 is 0. The van der Waals surface area contributed by atoms with Crippen LogP contribution in [0.5, 0.6) is 0 Å². The molecule has 2 N–H and O–H groups in total. The smallest absolute Gasteiger partial charge is 0.329 e. The Bertz CT molecular complexity index is 299. The molecule has 104 valence electrons. The molecule has 0 spiro atoms. The molecule has 0 aromatic heterocycles. The predicted octanol–water partition coefficient (Wildman–Crippen LogP) is 2.28. The van der Waals surface area contributed by atoms with E-state index in [1.807, 2.05) is 6.26 Å². The zero-order valence-electron chi connectivity index (χ0n) is 11.2. The SMILES string of the molecule is CSCCCC(=O)NC1(C(=O)O)CCC(C)CC1. The largest absolute Gasteiger partial charge is 0.480 e. The minimum absolute atomic E-state index is 0.124. The Morgan fingerprint density at radius 3 is 2.50 bits per heavy atom. The lowest BCUT2D eigenvalue weighted by Crippen LogP contribution is -2.56. The van der Waals surface area contributed by atoms with Gasteiger partial charge in [-0.25, -0.2) is 4.79 Å². The van der Waals surface area contributed by atoms with Gasteiger partial charge in [0.25, 0.3) is 0 Å². The number of thioether (sulfide) groups is 1. The number of amides is 1. The van der Waals surface area contributed by atoms with E-state index in [4.69, 9.17) is 0 Å². The Labute approximate surface area is 113 Å². The number of carbonyl (C=O) groups is 2. The van der Waals surface area contributed by atoms with Crippen molar-refractivity contribution < 1.29 is 14.7 Å². The maximum absolute atomic E-state index is 11.8. The van der Waals surface area contributed by atoms with Gasteiger partial charge in [0.05, 0.1) is 0 Å². The highest BCUT2D eigenvalue weighted by Crippen LogP contribution is 2.32. The standard InChI is InChI=1S/C13H23NO3S/c1-10-5-7-13(8-6-10,12(16)17)14-11(15)4-3-9-18-2/h10H,3-9H2,1-2H3,(H,14,15)(H,16,17). The second kappa shape index (κ2) is 7.02. The molecule has 1 saturated carbocycles. The predicted molar refractivity (Wildman–Crippen MR) is 73.8 cm³/mol. The quantitative estimate of drug-likeness (QED) is 0.729. The van der Waals surface area contributed by atoms with Gasteiger partial charge in [-0.15, -0.1) is 0 Å². The average Bonchev–Trinajstić information content (AvgIpc) is 2.32. The van der Waals surface area contributed by atoms with Crippen molar-refractivity contribution in [3.8, 4) is 0 Å². The van der Waals surface area contributed by atoms with Gasteiger partial charge in [0.1, 0.15) is 5.54 Å². The fourth-order valence-corrected chi connectivity index (χ4v) is 2.79. The second-order valence-corrected chi connectivity index (χ2v) is 6.20. The minimum atomic E-state index is -1.01. The molecule has 0 aliphatic heterocycles. The number of rotatable bonds is 6. The Kier molecular flexibility index (Phi) is 5.99. The summed E-state index contributed by atoms with van der Waals surface area (Å²) in [6.45, 7) is 2.13. The second-order valence-electron chi connectivity index (χ2n) is 5.21. The summed E-state index contributed by atoms with van der Waals surface area (Å²) >= 11 is 1.70. The van der Waals surface area contributed by atoms with Crippen molar-refractivity contribution in [1.82, 2.24) is 5.32 Å². The van der Waals surface area contributed by atoms with Crippen LogP contribution in [0.1, 0.15) is 45.4 Å². The summed E-state index contributed by atoms with van der Waals surface area (Å²) in [4.78, 5) is 23.2. The zero-order chi connectivity index (χ0) is 13.6. The van der Waals surface area contributed by atoms with Crippen LogP contribution >= 0.6 is 11.8 Å². The Hall–Kier alpha value is -0.710. The van der Waals surface area contributed by atoms with Gasteiger partial charge in [0, 0.05) is 6.42 Å². The summed E-state index contributed by atoms with van der Waals surface area (Å²) in [7, 11) is 0. The monoisotopic (exact) mass is 273 g/mol. The Balaban J connectivity index is 2.52. The summed E-state index contributed by atoms with van der Waals surface area (Å²) in [6, 6.07) is 0. The van der Waals surface area contributed by atoms with Crippen molar-refractivity contribution in [2.75, 3.05) is 12.0 Å². The van der Waals surface area contributed by atoms with Crippen LogP contribution in [0.15, 0.2) is 0 Å². The Morgan fingerprint density at radius 1 is 1.39 bits per heavy atom. The van der Waals surface area contributed by atoms with Gasteiger partial charge >= 0.3 is 5.97 Å². The molecule has 1 aliphatic carbocycles. The van der Waals surface area contributed by atoms with Crippen LogP contribution in [-0.2, 0) is 9.59 Å². The molecule has 1 rings (SSSR count). The van der Waals surface area contributed by atoms with Crippen LogP contribution in [0, 0.1) is 5.92 Å². The number of hydrogen-bond acceptors (Lipinski definition) is 3.